The number of fused-ring (bicyclic) bond motifs is 1. The first-order valence-electron chi connectivity index (χ1n) is 8.04. The molecule has 0 bridgehead atoms. The second-order valence-electron chi connectivity index (χ2n) is 5.74. The van der Waals surface area contributed by atoms with Crippen molar-refractivity contribution in [3.8, 4) is 17.0 Å². The number of nitrogens with zero attached hydrogens (tertiary/aromatic N) is 5. The smallest absolute Gasteiger partial charge is 0.270 e. The van der Waals surface area contributed by atoms with E-state index >= 15 is 0 Å². The summed E-state index contributed by atoms with van der Waals surface area (Å²) < 4.78 is 1.76. The van der Waals surface area contributed by atoms with Crippen molar-refractivity contribution in [2.45, 2.75) is 0 Å². The van der Waals surface area contributed by atoms with Gasteiger partial charge in [0.05, 0.1) is 10.6 Å². The number of hydrogen-bond donors (Lipinski definition) is 1. The first-order chi connectivity index (χ1) is 13.1. The standard InChI is InChI=1S/C19H13N5O3/c25-16-9-7-14(8-10-16)21-22-19-18(20-17-6-1-2-11-23(17)19)13-4-3-5-15(12-13)24(26)27/h1-12,25H. The van der Waals surface area contributed by atoms with E-state index in [4.69, 9.17) is 0 Å². The lowest BCUT2D eigenvalue weighted by Crippen LogP contribution is -1.88. The van der Waals surface area contributed by atoms with E-state index in [1.807, 2.05) is 18.2 Å². The van der Waals surface area contributed by atoms with Crippen LogP contribution in [0.15, 0.2) is 83.2 Å². The molecule has 0 radical (unpaired) electrons. The zero-order chi connectivity index (χ0) is 18.8. The Morgan fingerprint density at radius 2 is 1.81 bits per heavy atom. The number of pyridine rings is 1. The van der Waals surface area contributed by atoms with Crippen molar-refractivity contribution in [1.82, 2.24) is 9.38 Å². The quantitative estimate of drug-likeness (QED) is 0.313. The Labute approximate surface area is 153 Å². The summed E-state index contributed by atoms with van der Waals surface area (Å²) in [4.78, 5) is 15.2. The molecule has 0 spiro atoms. The SMILES string of the molecule is O=[N+]([O-])c1cccc(-c2nc3ccccn3c2N=Nc2ccc(O)cc2)c1. The van der Waals surface area contributed by atoms with Gasteiger partial charge in [-0.3, -0.25) is 14.5 Å². The van der Waals surface area contributed by atoms with Gasteiger partial charge in [-0.25, -0.2) is 4.98 Å². The molecule has 2 aromatic heterocycles. The summed E-state index contributed by atoms with van der Waals surface area (Å²) >= 11 is 0. The molecule has 0 fully saturated rings. The molecule has 2 heterocycles. The summed E-state index contributed by atoms with van der Waals surface area (Å²) in [5.74, 6) is 0.597. The van der Waals surface area contributed by atoms with Crippen LogP contribution in [0.2, 0.25) is 0 Å². The summed E-state index contributed by atoms with van der Waals surface area (Å²) in [6.07, 6.45) is 1.80. The molecule has 8 heteroatoms. The second kappa shape index (κ2) is 6.68. The second-order valence-corrected chi connectivity index (χ2v) is 5.74. The zero-order valence-corrected chi connectivity index (χ0v) is 13.9. The molecular weight excluding hydrogens is 346 g/mol. The Balaban J connectivity index is 1.86. The number of nitro groups is 1. The molecule has 0 aliphatic carbocycles. The molecule has 0 saturated heterocycles. The highest BCUT2D eigenvalue weighted by Crippen LogP contribution is 2.33. The molecule has 8 nitrogen and oxygen atoms in total. The van der Waals surface area contributed by atoms with Crippen LogP contribution in [0.25, 0.3) is 16.9 Å². The van der Waals surface area contributed by atoms with E-state index in [0.29, 0.717) is 28.4 Å². The van der Waals surface area contributed by atoms with Gasteiger partial charge in [0.25, 0.3) is 5.69 Å². The van der Waals surface area contributed by atoms with Crippen molar-refractivity contribution < 1.29 is 10.0 Å². The molecule has 0 amide bonds. The molecule has 0 saturated carbocycles. The number of imidazole rings is 1. The fourth-order valence-corrected chi connectivity index (χ4v) is 2.66. The molecule has 0 aliphatic heterocycles. The number of benzene rings is 2. The van der Waals surface area contributed by atoms with Crippen molar-refractivity contribution in [1.29, 1.82) is 0 Å². The number of nitro benzene ring substituents is 1. The number of aromatic hydroxyl groups is 1. The average Bonchev–Trinajstić information content (AvgIpc) is 3.06. The monoisotopic (exact) mass is 359 g/mol. The van der Waals surface area contributed by atoms with E-state index in [2.05, 4.69) is 15.2 Å². The van der Waals surface area contributed by atoms with Gasteiger partial charge in [0.15, 0.2) is 5.82 Å². The van der Waals surface area contributed by atoms with E-state index < -0.39 is 4.92 Å². The van der Waals surface area contributed by atoms with Gasteiger partial charge < -0.3 is 5.11 Å². The van der Waals surface area contributed by atoms with Crippen LogP contribution in [0.3, 0.4) is 0 Å². The Kier molecular flexibility index (Phi) is 4.06. The predicted molar refractivity (Wildman–Crippen MR) is 99.6 cm³/mol. The Bertz CT molecular complexity index is 1170. The molecule has 0 aliphatic rings. The van der Waals surface area contributed by atoms with Crippen molar-refractivity contribution in [3.63, 3.8) is 0 Å². The number of azo groups is 1. The fourth-order valence-electron chi connectivity index (χ4n) is 2.66. The fraction of sp³-hybridized carbons (Fsp3) is 0. The molecule has 2 aromatic carbocycles. The van der Waals surface area contributed by atoms with Gasteiger partial charge in [0, 0.05) is 23.9 Å². The maximum atomic E-state index is 11.1. The topological polar surface area (TPSA) is 105 Å². The maximum Gasteiger partial charge on any atom is 0.270 e. The largest absolute Gasteiger partial charge is 0.508 e. The van der Waals surface area contributed by atoms with Crippen LogP contribution in [0.5, 0.6) is 5.75 Å². The first-order valence-corrected chi connectivity index (χ1v) is 8.04. The third-order valence-electron chi connectivity index (χ3n) is 3.95. The first kappa shape index (κ1) is 16.4. The third-order valence-corrected chi connectivity index (χ3v) is 3.95. The van der Waals surface area contributed by atoms with Gasteiger partial charge >= 0.3 is 0 Å². The predicted octanol–water partition coefficient (Wildman–Crippen LogP) is 5.03. The molecule has 4 aromatic rings. The minimum absolute atomic E-state index is 0.0222. The van der Waals surface area contributed by atoms with E-state index in [-0.39, 0.29) is 11.4 Å². The van der Waals surface area contributed by atoms with Crippen molar-refractivity contribution in [3.05, 3.63) is 83.0 Å². The molecule has 0 atom stereocenters. The Morgan fingerprint density at radius 3 is 2.59 bits per heavy atom. The highest BCUT2D eigenvalue weighted by atomic mass is 16.6. The van der Waals surface area contributed by atoms with Crippen LogP contribution in [0, 0.1) is 10.1 Å². The van der Waals surface area contributed by atoms with Crippen molar-refractivity contribution in [2.24, 2.45) is 10.2 Å². The molecule has 1 N–H and O–H groups in total. The summed E-state index contributed by atoms with van der Waals surface area (Å²) in [5, 5.41) is 29.0. The number of phenolic OH excluding ortho intramolecular Hbond substituents is 1. The van der Waals surface area contributed by atoms with Crippen LogP contribution in [-0.2, 0) is 0 Å². The minimum atomic E-state index is -0.447. The highest BCUT2D eigenvalue weighted by molar-refractivity contribution is 5.75. The van der Waals surface area contributed by atoms with Crippen LogP contribution >= 0.6 is 0 Å². The maximum absolute atomic E-state index is 11.1. The summed E-state index contributed by atoms with van der Waals surface area (Å²) in [5.41, 5.74) is 2.26. The zero-order valence-electron chi connectivity index (χ0n) is 13.9. The molecule has 132 valence electrons. The van der Waals surface area contributed by atoms with E-state index in [0.717, 1.165) is 0 Å². The summed E-state index contributed by atoms with van der Waals surface area (Å²) in [7, 11) is 0. The molecule has 0 unspecified atom stereocenters. The van der Waals surface area contributed by atoms with Gasteiger partial charge in [0.2, 0.25) is 0 Å². The van der Waals surface area contributed by atoms with Crippen LogP contribution in [0.1, 0.15) is 0 Å². The highest BCUT2D eigenvalue weighted by Gasteiger charge is 2.16. The number of rotatable bonds is 4. The number of hydrogen-bond acceptors (Lipinski definition) is 6. The Hall–Kier alpha value is -4.07. The van der Waals surface area contributed by atoms with Crippen LogP contribution < -0.4 is 0 Å². The number of phenols is 1. The van der Waals surface area contributed by atoms with Crippen LogP contribution in [0.4, 0.5) is 17.2 Å². The van der Waals surface area contributed by atoms with Gasteiger partial charge in [-0.2, -0.15) is 0 Å². The summed E-state index contributed by atoms with van der Waals surface area (Å²) in [6.45, 7) is 0. The van der Waals surface area contributed by atoms with Crippen LogP contribution in [-0.4, -0.2) is 19.4 Å². The lowest BCUT2D eigenvalue weighted by atomic mass is 10.1. The van der Waals surface area contributed by atoms with Gasteiger partial charge in [-0.1, -0.05) is 18.2 Å². The van der Waals surface area contributed by atoms with Gasteiger partial charge in [-0.05, 0) is 36.4 Å². The lowest BCUT2D eigenvalue weighted by molar-refractivity contribution is -0.384. The number of aromatic nitrogens is 2. The number of non-ortho nitro benzene ring substituents is 1. The van der Waals surface area contributed by atoms with Crippen molar-refractivity contribution in [2.75, 3.05) is 0 Å². The third kappa shape index (κ3) is 3.23. The normalized spacial score (nSPS) is 11.3. The van der Waals surface area contributed by atoms with E-state index in [1.165, 1.54) is 24.3 Å². The van der Waals surface area contributed by atoms with Gasteiger partial charge in [-0.15, -0.1) is 10.2 Å². The minimum Gasteiger partial charge on any atom is -0.508 e. The lowest BCUT2D eigenvalue weighted by Gasteiger charge is -2.00. The van der Waals surface area contributed by atoms with Gasteiger partial charge in [0.1, 0.15) is 17.1 Å². The molecular formula is C19H13N5O3. The Morgan fingerprint density at radius 1 is 1.00 bits per heavy atom. The molecule has 4 rings (SSSR count). The van der Waals surface area contributed by atoms with E-state index in [9.17, 15) is 15.2 Å². The van der Waals surface area contributed by atoms with E-state index in [1.54, 1.807) is 34.9 Å². The van der Waals surface area contributed by atoms with Crippen molar-refractivity contribution >= 4 is 22.8 Å². The summed E-state index contributed by atoms with van der Waals surface area (Å²) in [6, 6.07) is 18.1. The average molecular weight is 359 g/mol. The molecule has 27 heavy (non-hydrogen) atoms.